The van der Waals surface area contributed by atoms with Crippen LogP contribution in [0.3, 0.4) is 0 Å². The van der Waals surface area contributed by atoms with Gasteiger partial charge in [0.25, 0.3) is 11.5 Å². The minimum Gasteiger partial charge on any atom is -0.371 e. The second-order valence-electron chi connectivity index (χ2n) is 10.5. The zero-order valence-electron chi connectivity index (χ0n) is 22.5. The number of amides is 1. The van der Waals surface area contributed by atoms with Crippen LogP contribution in [0.4, 0.5) is 5.69 Å². The lowest BCUT2D eigenvalue weighted by atomic mass is 10.0. The smallest absolute Gasteiger partial charge is 0.253 e. The van der Waals surface area contributed by atoms with E-state index in [1.165, 1.54) is 0 Å². The summed E-state index contributed by atoms with van der Waals surface area (Å²) >= 11 is 0. The Kier molecular flexibility index (Phi) is 7.83. The summed E-state index contributed by atoms with van der Waals surface area (Å²) in [4.78, 5) is 33.8. The van der Waals surface area contributed by atoms with Gasteiger partial charge in [0.15, 0.2) is 0 Å². The summed E-state index contributed by atoms with van der Waals surface area (Å²) in [7, 11) is 4.28. The summed E-state index contributed by atoms with van der Waals surface area (Å²) in [6, 6.07) is 6.93. The lowest BCUT2D eigenvalue weighted by Crippen LogP contribution is -2.42. The molecule has 3 aromatic rings. The molecule has 0 saturated carbocycles. The number of rotatable bonds is 8. The van der Waals surface area contributed by atoms with E-state index in [-0.39, 0.29) is 24.1 Å². The van der Waals surface area contributed by atoms with Crippen LogP contribution in [0.2, 0.25) is 0 Å². The summed E-state index contributed by atoms with van der Waals surface area (Å²) in [6.45, 7) is 10.3. The number of aromatic nitrogens is 3. The first kappa shape index (κ1) is 25.9. The molecular weight excluding hydrogens is 452 g/mol. The number of aromatic amines is 1. The third-order valence-corrected chi connectivity index (χ3v) is 7.30. The Balaban J connectivity index is 1.66. The van der Waals surface area contributed by atoms with E-state index in [9.17, 15) is 9.59 Å². The predicted molar refractivity (Wildman–Crippen MR) is 146 cm³/mol. The molecule has 0 aliphatic carbocycles. The van der Waals surface area contributed by atoms with Crippen LogP contribution in [-0.4, -0.2) is 58.8 Å². The van der Waals surface area contributed by atoms with Crippen molar-refractivity contribution in [1.82, 2.24) is 25.0 Å². The van der Waals surface area contributed by atoms with Crippen LogP contribution in [0.1, 0.15) is 73.3 Å². The fourth-order valence-corrected chi connectivity index (χ4v) is 5.29. The molecule has 1 aliphatic heterocycles. The van der Waals surface area contributed by atoms with E-state index in [0.717, 1.165) is 66.6 Å². The molecule has 2 N–H and O–H groups in total. The molecule has 1 saturated heterocycles. The predicted octanol–water partition coefficient (Wildman–Crippen LogP) is 4.03. The van der Waals surface area contributed by atoms with Gasteiger partial charge in [0.2, 0.25) is 0 Å². The van der Waals surface area contributed by atoms with E-state index in [2.05, 4.69) is 66.1 Å². The first-order chi connectivity index (χ1) is 17.2. The molecule has 36 heavy (non-hydrogen) atoms. The maximum absolute atomic E-state index is 13.5. The van der Waals surface area contributed by atoms with Crippen molar-refractivity contribution < 1.29 is 4.79 Å². The summed E-state index contributed by atoms with van der Waals surface area (Å²) in [5.41, 5.74) is 4.95. The number of fused-ring (bicyclic) bond motifs is 1. The summed E-state index contributed by atoms with van der Waals surface area (Å²) in [5.74, 6) is -0.184. The van der Waals surface area contributed by atoms with Crippen molar-refractivity contribution in [3.63, 3.8) is 0 Å². The Hall–Kier alpha value is -3.13. The average molecular weight is 493 g/mol. The van der Waals surface area contributed by atoms with Gasteiger partial charge in [-0.05, 0) is 77.9 Å². The number of hydrogen-bond acceptors (Lipinski definition) is 5. The Morgan fingerprint density at radius 3 is 2.58 bits per heavy atom. The number of nitrogens with zero attached hydrogens (tertiary/aromatic N) is 4. The molecular formula is C28H40N6O2. The minimum absolute atomic E-state index is 0.131. The molecule has 1 aliphatic rings. The third-order valence-electron chi connectivity index (χ3n) is 7.30. The van der Waals surface area contributed by atoms with Gasteiger partial charge in [0.1, 0.15) is 0 Å². The maximum Gasteiger partial charge on any atom is 0.253 e. The highest BCUT2D eigenvalue weighted by Gasteiger charge is 2.24. The van der Waals surface area contributed by atoms with Gasteiger partial charge in [-0.15, -0.1) is 0 Å². The number of H-pyrrole nitrogens is 1. The van der Waals surface area contributed by atoms with Gasteiger partial charge in [-0.3, -0.25) is 14.3 Å². The number of pyridine rings is 1. The largest absolute Gasteiger partial charge is 0.371 e. The molecule has 0 bridgehead atoms. The molecule has 0 atom stereocenters. The zero-order chi connectivity index (χ0) is 26.0. The lowest BCUT2D eigenvalue weighted by molar-refractivity contribution is 0.0952. The molecule has 1 amide bonds. The summed E-state index contributed by atoms with van der Waals surface area (Å²) in [6.07, 6.45) is 5.71. The van der Waals surface area contributed by atoms with E-state index in [4.69, 9.17) is 0 Å². The van der Waals surface area contributed by atoms with Gasteiger partial charge < -0.3 is 20.1 Å². The van der Waals surface area contributed by atoms with Gasteiger partial charge >= 0.3 is 0 Å². The van der Waals surface area contributed by atoms with Crippen molar-refractivity contribution in [3.05, 3.63) is 57.1 Å². The average Bonchev–Trinajstić information content (AvgIpc) is 3.27. The number of carbonyl (C=O) groups excluding carboxylic acids is 1. The van der Waals surface area contributed by atoms with Crippen LogP contribution < -0.4 is 15.8 Å². The Bertz CT molecular complexity index is 1280. The van der Waals surface area contributed by atoms with Gasteiger partial charge in [-0.25, -0.2) is 0 Å². The van der Waals surface area contributed by atoms with Crippen LogP contribution in [-0.2, 0) is 13.0 Å². The van der Waals surface area contributed by atoms with Gasteiger partial charge in [-0.2, -0.15) is 5.10 Å². The van der Waals surface area contributed by atoms with Crippen molar-refractivity contribution >= 4 is 22.5 Å². The summed E-state index contributed by atoms with van der Waals surface area (Å²) < 4.78 is 1.98. The van der Waals surface area contributed by atoms with E-state index in [0.29, 0.717) is 17.2 Å². The fraction of sp³-hybridized carbons (Fsp3) is 0.536. The van der Waals surface area contributed by atoms with E-state index in [1.807, 2.05) is 23.7 Å². The number of nitrogens with one attached hydrogen (secondary N) is 2. The minimum atomic E-state index is -0.184. The molecule has 8 heteroatoms. The number of anilines is 1. The van der Waals surface area contributed by atoms with E-state index < -0.39 is 0 Å². The van der Waals surface area contributed by atoms with Gasteiger partial charge in [0.05, 0.1) is 17.3 Å². The Morgan fingerprint density at radius 2 is 1.94 bits per heavy atom. The second-order valence-corrected chi connectivity index (χ2v) is 10.5. The first-order valence-electron chi connectivity index (χ1n) is 13.1. The van der Waals surface area contributed by atoms with Crippen molar-refractivity contribution in [1.29, 1.82) is 0 Å². The highest BCUT2D eigenvalue weighted by Crippen LogP contribution is 2.30. The molecule has 8 nitrogen and oxygen atoms in total. The molecule has 194 valence electrons. The van der Waals surface area contributed by atoms with Crippen LogP contribution in [0.5, 0.6) is 0 Å². The zero-order valence-corrected chi connectivity index (χ0v) is 22.5. The molecule has 1 aromatic carbocycles. The van der Waals surface area contributed by atoms with Gasteiger partial charge in [-0.1, -0.05) is 13.3 Å². The topological polar surface area (TPSA) is 86.3 Å². The molecule has 0 unspecified atom stereocenters. The number of hydrogen-bond donors (Lipinski definition) is 2. The Labute approximate surface area is 213 Å². The number of carbonyl (C=O) groups is 1. The van der Waals surface area contributed by atoms with Crippen molar-refractivity contribution in [2.75, 3.05) is 32.1 Å². The molecule has 1 fully saturated rings. The van der Waals surface area contributed by atoms with Crippen LogP contribution in [0.15, 0.2) is 29.2 Å². The van der Waals surface area contributed by atoms with Gasteiger partial charge in [0, 0.05) is 54.0 Å². The van der Waals surface area contributed by atoms with Crippen LogP contribution in [0, 0.1) is 6.92 Å². The molecule has 4 rings (SSSR count). The van der Waals surface area contributed by atoms with Crippen molar-refractivity contribution in [3.8, 4) is 0 Å². The monoisotopic (exact) mass is 492 g/mol. The molecule has 0 spiro atoms. The standard InChI is InChI=1S/C28H40N6O2/c1-7-8-20-13-19(4)31-28(36)24(20)16-29-27(35)23-14-22(33-11-9-21(10-12-33)32(5)6)15-26-25(23)17-30-34(26)18(2)3/h13-15,17-18,21H,7-12,16H2,1-6H3,(H,29,35)(H,31,36). The highest BCUT2D eigenvalue weighted by molar-refractivity contribution is 6.07. The first-order valence-corrected chi connectivity index (χ1v) is 13.1. The van der Waals surface area contributed by atoms with E-state index >= 15 is 0 Å². The van der Waals surface area contributed by atoms with Crippen molar-refractivity contribution in [2.45, 2.75) is 72.0 Å². The number of aryl methyl sites for hydroxylation is 2. The molecule has 3 heterocycles. The summed E-state index contributed by atoms with van der Waals surface area (Å²) in [5, 5.41) is 8.47. The highest BCUT2D eigenvalue weighted by atomic mass is 16.1. The van der Waals surface area contributed by atoms with Crippen molar-refractivity contribution in [2.24, 2.45) is 0 Å². The van der Waals surface area contributed by atoms with E-state index in [1.54, 1.807) is 6.20 Å². The second kappa shape index (κ2) is 10.9. The third kappa shape index (κ3) is 5.33. The van der Waals surface area contributed by atoms with Crippen LogP contribution in [0.25, 0.3) is 10.9 Å². The van der Waals surface area contributed by atoms with Crippen LogP contribution >= 0.6 is 0 Å². The quantitative estimate of drug-likeness (QED) is 0.496. The number of piperidine rings is 1. The number of benzene rings is 1. The fourth-order valence-electron chi connectivity index (χ4n) is 5.29. The maximum atomic E-state index is 13.5. The molecule has 0 radical (unpaired) electrons. The molecule has 2 aromatic heterocycles. The lowest BCUT2D eigenvalue weighted by Gasteiger charge is -2.36. The Morgan fingerprint density at radius 1 is 1.22 bits per heavy atom. The normalized spacial score (nSPS) is 14.8. The SMILES string of the molecule is CCCc1cc(C)[nH]c(=O)c1CNC(=O)c1cc(N2CCC(N(C)C)CC2)cc2c1cnn2C(C)C.